The summed E-state index contributed by atoms with van der Waals surface area (Å²) in [4.78, 5) is 18.3. The zero-order chi connectivity index (χ0) is 14.5. The largest absolute Gasteiger partial charge is 0.389 e. The summed E-state index contributed by atoms with van der Waals surface area (Å²) in [5.41, 5.74) is 0.788. The van der Waals surface area contributed by atoms with Crippen LogP contribution in [0, 0.1) is 0 Å². The summed E-state index contributed by atoms with van der Waals surface area (Å²) in [6.45, 7) is 5.71. The minimum Gasteiger partial charge on any atom is -0.389 e. The van der Waals surface area contributed by atoms with Gasteiger partial charge in [0.25, 0.3) is 0 Å². The normalized spacial score (nSPS) is 20.6. The lowest BCUT2D eigenvalue weighted by molar-refractivity contribution is -0.124. The van der Waals surface area contributed by atoms with Crippen LogP contribution in [0.3, 0.4) is 0 Å². The topological polar surface area (TPSA) is 74.7 Å². The number of hydrogen-bond acceptors (Lipinski definition) is 5. The Hall–Kier alpha value is -1.66. The average molecular weight is 279 g/mol. The van der Waals surface area contributed by atoms with Gasteiger partial charge >= 0.3 is 0 Å². The third kappa shape index (κ3) is 3.26. The number of ether oxygens (including phenoxy) is 1. The Morgan fingerprint density at radius 1 is 1.70 bits per heavy atom. The van der Waals surface area contributed by atoms with E-state index in [4.69, 9.17) is 4.74 Å². The monoisotopic (exact) mass is 279 g/mol. The number of rotatable bonds is 4. The number of nitrogens with zero attached hydrogens (tertiary/aromatic N) is 2. The number of nitrogens with one attached hydrogen (secondary N) is 1. The molecular weight excluding hydrogens is 258 g/mol. The van der Waals surface area contributed by atoms with E-state index in [1.54, 1.807) is 19.2 Å². The first-order valence-corrected chi connectivity index (χ1v) is 6.89. The zero-order valence-electron chi connectivity index (χ0n) is 11.9. The van der Waals surface area contributed by atoms with E-state index in [2.05, 4.69) is 10.3 Å². The first kappa shape index (κ1) is 14.7. The van der Waals surface area contributed by atoms with Gasteiger partial charge in [-0.3, -0.25) is 4.79 Å². The molecule has 0 aliphatic carbocycles. The van der Waals surface area contributed by atoms with Crippen molar-refractivity contribution in [2.75, 3.05) is 31.2 Å². The lowest BCUT2D eigenvalue weighted by Gasteiger charge is -2.35. The van der Waals surface area contributed by atoms with Gasteiger partial charge in [-0.1, -0.05) is 0 Å². The summed E-state index contributed by atoms with van der Waals surface area (Å²) >= 11 is 0. The molecule has 2 heterocycles. The Morgan fingerprint density at radius 2 is 2.50 bits per heavy atom. The van der Waals surface area contributed by atoms with Crippen LogP contribution in [0.15, 0.2) is 18.3 Å². The van der Waals surface area contributed by atoms with Gasteiger partial charge in [-0.15, -0.1) is 0 Å². The Labute approximate surface area is 118 Å². The first-order chi connectivity index (χ1) is 9.63. The number of anilines is 1. The Kier molecular flexibility index (Phi) is 4.92. The van der Waals surface area contributed by atoms with E-state index in [0.717, 1.165) is 5.56 Å². The number of pyridine rings is 1. The van der Waals surface area contributed by atoms with Crippen LogP contribution in [0.5, 0.6) is 0 Å². The Bertz CT molecular complexity index is 465. The molecule has 1 fully saturated rings. The van der Waals surface area contributed by atoms with Crippen LogP contribution in [0.4, 0.5) is 5.82 Å². The molecule has 0 bridgehead atoms. The second kappa shape index (κ2) is 6.67. The van der Waals surface area contributed by atoms with Crippen molar-refractivity contribution in [2.45, 2.75) is 26.0 Å². The van der Waals surface area contributed by atoms with Gasteiger partial charge in [0.15, 0.2) is 0 Å². The summed E-state index contributed by atoms with van der Waals surface area (Å²) in [6.07, 6.45) is 1.10. The standard InChI is InChI=1S/C14H21N3O3/c1-3-15-14(19)12-9-20-7-6-17(12)13-8-11(10(2)18)4-5-16-13/h4-5,8,10,12,18H,3,6-7,9H2,1-2H3,(H,15,19)/t10-,12?/m0/s1. The summed E-state index contributed by atoms with van der Waals surface area (Å²) in [5, 5.41) is 12.5. The van der Waals surface area contributed by atoms with Crippen molar-refractivity contribution >= 4 is 11.7 Å². The fourth-order valence-corrected chi connectivity index (χ4v) is 2.24. The minimum absolute atomic E-state index is 0.0588. The molecule has 1 amide bonds. The number of carbonyl (C=O) groups excluding carboxylic acids is 1. The molecule has 110 valence electrons. The lowest BCUT2D eigenvalue weighted by Crippen LogP contribution is -2.54. The van der Waals surface area contributed by atoms with Gasteiger partial charge < -0.3 is 20.1 Å². The molecule has 0 aromatic carbocycles. The summed E-state index contributed by atoms with van der Waals surface area (Å²) in [6, 6.07) is 3.22. The molecule has 0 radical (unpaired) electrons. The lowest BCUT2D eigenvalue weighted by atomic mass is 10.1. The van der Waals surface area contributed by atoms with Crippen molar-refractivity contribution in [1.29, 1.82) is 0 Å². The van der Waals surface area contributed by atoms with Gasteiger partial charge in [-0.2, -0.15) is 0 Å². The van der Waals surface area contributed by atoms with E-state index in [9.17, 15) is 9.90 Å². The number of aromatic nitrogens is 1. The average Bonchev–Trinajstić information content (AvgIpc) is 2.47. The molecule has 2 N–H and O–H groups in total. The second-order valence-electron chi connectivity index (χ2n) is 4.80. The van der Waals surface area contributed by atoms with Crippen LogP contribution < -0.4 is 10.2 Å². The molecule has 6 heteroatoms. The van der Waals surface area contributed by atoms with Gasteiger partial charge in [-0.05, 0) is 31.5 Å². The molecule has 2 rings (SSSR count). The minimum atomic E-state index is -0.555. The SMILES string of the molecule is CCNC(=O)C1COCCN1c1cc([C@H](C)O)ccn1. The molecule has 2 atom stereocenters. The van der Waals surface area contributed by atoms with Crippen molar-refractivity contribution in [3.05, 3.63) is 23.9 Å². The maximum atomic E-state index is 12.1. The van der Waals surface area contributed by atoms with E-state index in [-0.39, 0.29) is 11.9 Å². The van der Waals surface area contributed by atoms with E-state index in [1.807, 2.05) is 17.9 Å². The van der Waals surface area contributed by atoms with Crippen molar-refractivity contribution in [2.24, 2.45) is 0 Å². The van der Waals surface area contributed by atoms with E-state index < -0.39 is 6.10 Å². The maximum absolute atomic E-state index is 12.1. The summed E-state index contributed by atoms with van der Waals surface area (Å²) in [7, 11) is 0. The third-order valence-electron chi connectivity index (χ3n) is 3.33. The number of likely N-dealkylation sites (N-methyl/N-ethyl adjacent to an activating group) is 1. The second-order valence-corrected chi connectivity index (χ2v) is 4.80. The van der Waals surface area contributed by atoms with Crippen molar-refractivity contribution < 1.29 is 14.6 Å². The van der Waals surface area contributed by atoms with Crippen LogP contribution in [0.2, 0.25) is 0 Å². The highest BCUT2D eigenvalue weighted by Crippen LogP contribution is 2.21. The molecule has 1 unspecified atom stereocenters. The highest BCUT2D eigenvalue weighted by Gasteiger charge is 2.30. The molecule has 1 saturated heterocycles. The number of amides is 1. The third-order valence-corrected chi connectivity index (χ3v) is 3.33. The van der Waals surface area contributed by atoms with Crippen LogP contribution in [-0.2, 0) is 9.53 Å². The zero-order valence-corrected chi connectivity index (χ0v) is 11.9. The predicted octanol–water partition coefficient (Wildman–Crippen LogP) is 0.476. The molecule has 0 saturated carbocycles. The van der Waals surface area contributed by atoms with Gasteiger partial charge in [0, 0.05) is 19.3 Å². The molecule has 1 aliphatic heterocycles. The molecule has 1 aromatic heterocycles. The number of carbonyl (C=O) groups is 1. The highest BCUT2D eigenvalue weighted by molar-refractivity contribution is 5.85. The molecular formula is C14H21N3O3. The van der Waals surface area contributed by atoms with Crippen molar-refractivity contribution in [3.8, 4) is 0 Å². The van der Waals surface area contributed by atoms with Gasteiger partial charge in [0.2, 0.25) is 5.91 Å². The molecule has 1 aromatic rings. The number of morpholine rings is 1. The molecule has 20 heavy (non-hydrogen) atoms. The summed E-state index contributed by atoms with van der Waals surface area (Å²) < 4.78 is 5.40. The van der Waals surface area contributed by atoms with Crippen molar-refractivity contribution in [1.82, 2.24) is 10.3 Å². The smallest absolute Gasteiger partial charge is 0.245 e. The van der Waals surface area contributed by atoms with Crippen LogP contribution in [0.25, 0.3) is 0 Å². The van der Waals surface area contributed by atoms with Crippen molar-refractivity contribution in [3.63, 3.8) is 0 Å². The van der Waals surface area contributed by atoms with E-state index in [0.29, 0.717) is 32.1 Å². The Morgan fingerprint density at radius 3 is 3.20 bits per heavy atom. The number of aliphatic hydroxyl groups excluding tert-OH is 1. The number of aliphatic hydroxyl groups is 1. The fraction of sp³-hybridized carbons (Fsp3) is 0.571. The molecule has 1 aliphatic rings. The fourth-order valence-electron chi connectivity index (χ4n) is 2.24. The first-order valence-electron chi connectivity index (χ1n) is 6.89. The highest BCUT2D eigenvalue weighted by atomic mass is 16.5. The van der Waals surface area contributed by atoms with Gasteiger partial charge in [0.1, 0.15) is 11.9 Å². The Balaban J connectivity index is 2.23. The molecule has 0 spiro atoms. The summed E-state index contributed by atoms with van der Waals surface area (Å²) in [5.74, 6) is 0.638. The predicted molar refractivity (Wildman–Crippen MR) is 75.5 cm³/mol. The van der Waals surface area contributed by atoms with E-state index in [1.165, 1.54) is 0 Å². The van der Waals surface area contributed by atoms with E-state index >= 15 is 0 Å². The van der Waals surface area contributed by atoms with Gasteiger partial charge in [0.05, 0.1) is 19.3 Å². The molecule has 6 nitrogen and oxygen atoms in total. The maximum Gasteiger partial charge on any atom is 0.245 e. The van der Waals surface area contributed by atoms with Gasteiger partial charge in [-0.25, -0.2) is 4.98 Å². The van der Waals surface area contributed by atoms with Crippen LogP contribution in [-0.4, -0.2) is 48.3 Å². The van der Waals surface area contributed by atoms with Crippen LogP contribution >= 0.6 is 0 Å². The number of hydrogen-bond donors (Lipinski definition) is 2. The van der Waals surface area contributed by atoms with Crippen LogP contribution in [0.1, 0.15) is 25.5 Å². The quantitative estimate of drug-likeness (QED) is 0.838.